The molecule has 0 N–H and O–H groups in total. The molecule has 2 aromatic rings. The van der Waals surface area contributed by atoms with Gasteiger partial charge in [-0.15, -0.1) is 0 Å². The first kappa shape index (κ1) is 12.1. The van der Waals surface area contributed by atoms with Crippen molar-refractivity contribution < 1.29 is 8.81 Å². The molecule has 0 aliphatic carbocycles. The molecule has 0 fully saturated rings. The smallest absolute Gasteiger partial charge is 0.201 e. The summed E-state index contributed by atoms with van der Waals surface area (Å²) >= 11 is 5.94. The van der Waals surface area contributed by atoms with Crippen LogP contribution in [0.2, 0.25) is 5.02 Å². The van der Waals surface area contributed by atoms with Crippen molar-refractivity contribution >= 4 is 28.8 Å². The average molecular weight is 254 g/mol. The zero-order valence-corrected chi connectivity index (χ0v) is 10.7. The Morgan fingerprint density at radius 3 is 2.65 bits per heavy atom. The van der Waals surface area contributed by atoms with E-state index in [1.807, 2.05) is 20.8 Å². The Hall–Kier alpha value is -1.35. The van der Waals surface area contributed by atoms with Crippen LogP contribution in [-0.4, -0.2) is 4.98 Å². The Morgan fingerprint density at radius 1 is 1.47 bits per heavy atom. The van der Waals surface area contributed by atoms with Gasteiger partial charge in [-0.05, 0) is 6.07 Å². The second kappa shape index (κ2) is 3.84. The molecule has 4 heteroatoms. The topological polar surface area (TPSA) is 26.0 Å². The number of oxazole rings is 1. The molecule has 0 bridgehead atoms. The van der Waals surface area contributed by atoms with Gasteiger partial charge >= 0.3 is 0 Å². The Balaban J connectivity index is 2.78. The molecule has 0 saturated heterocycles. The molecule has 2 rings (SSSR count). The van der Waals surface area contributed by atoms with Crippen molar-refractivity contribution in [3.8, 4) is 0 Å². The summed E-state index contributed by atoms with van der Waals surface area (Å²) in [4.78, 5) is 4.26. The highest BCUT2D eigenvalue weighted by atomic mass is 35.5. The van der Waals surface area contributed by atoms with Crippen molar-refractivity contribution in [2.45, 2.75) is 26.2 Å². The van der Waals surface area contributed by atoms with Gasteiger partial charge in [0.25, 0.3) is 0 Å². The first-order valence-corrected chi connectivity index (χ1v) is 5.64. The van der Waals surface area contributed by atoms with Crippen molar-refractivity contribution in [2.75, 3.05) is 0 Å². The summed E-state index contributed by atoms with van der Waals surface area (Å²) < 4.78 is 19.5. The first-order valence-electron chi connectivity index (χ1n) is 5.26. The number of hydrogen-bond donors (Lipinski definition) is 0. The van der Waals surface area contributed by atoms with Crippen LogP contribution in [0.25, 0.3) is 17.2 Å². The van der Waals surface area contributed by atoms with E-state index in [1.165, 1.54) is 6.08 Å². The van der Waals surface area contributed by atoms with Crippen LogP contribution < -0.4 is 0 Å². The maximum absolute atomic E-state index is 14.0. The zero-order chi connectivity index (χ0) is 12.8. The van der Waals surface area contributed by atoms with Crippen LogP contribution in [-0.2, 0) is 5.41 Å². The average Bonchev–Trinajstić information content (AvgIpc) is 2.61. The van der Waals surface area contributed by atoms with E-state index in [2.05, 4.69) is 11.6 Å². The molecule has 0 saturated carbocycles. The zero-order valence-electron chi connectivity index (χ0n) is 9.97. The molecule has 1 aromatic heterocycles. The quantitative estimate of drug-likeness (QED) is 0.745. The number of aromatic nitrogens is 1. The van der Waals surface area contributed by atoms with Crippen molar-refractivity contribution in [2.24, 2.45) is 0 Å². The van der Waals surface area contributed by atoms with Crippen molar-refractivity contribution in [1.29, 1.82) is 0 Å². The third kappa shape index (κ3) is 1.95. The normalized spacial score (nSPS) is 12.1. The molecule has 1 aromatic carbocycles. The summed E-state index contributed by atoms with van der Waals surface area (Å²) in [5.41, 5.74) is 0.541. The van der Waals surface area contributed by atoms with E-state index < -0.39 is 5.82 Å². The molecule has 17 heavy (non-hydrogen) atoms. The van der Waals surface area contributed by atoms with Gasteiger partial charge in [0.2, 0.25) is 5.89 Å². The SMILES string of the molecule is C=Cc1c(Cl)cc2nc(C(C)(C)C)oc2c1F. The molecule has 2 nitrogen and oxygen atoms in total. The standard InChI is InChI=1S/C13H13ClFNO/c1-5-7-8(14)6-9-11(10(7)15)17-12(16-9)13(2,3)4/h5-6H,1H2,2-4H3. The number of halogens is 2. The summed E-state index contributed by atoms with van der Waals surface area (Å²) in [5, 5.41) is 0.291. The lowest BCUT2D eigenvalue weighted by Crippen LogP contribution is -2.10. The molecule has 0 unspecified atom stereocenters. The fourth-order valence-electron chi connectivity index (χ4n) is 1.52. The maximum atomic E-state index is 14.0. The van der Waals surface area contributed by atoms with Gasteiger partial charge in [0.1, 0.15) is 5.52 Å². The lowest BCUT2D eigenvalue weighted by Gasteiger charge is -2.11. The van der Waals surface area contributed by atoms with E-state index in [0.717, 1.165) is 0 Å². The number of hydrogen-bond acceptors (Lipinski definition) is 2. The summed E-state index contributed by atoms with van der Waals surface area (Å²) in [6.07, 6.45) is 1.37. The van der Waals surface area contributed by atoms with Gasteiger partial charge < -0.3 is 4.42 Å². The van der Waals surface area contributed by atoms with Gasteiger partial charge in [-0.25, -0.2) is 9.37 Å². The largest absolute Gasteiger partial charge is 0.437 e. The lowest BCUT2D eigenvalue weighted by molar-refractivity contribution is 0.404. The summed E-state index contributed by atoms with van der Waals surface area (Å²) in [6.45, 7) is 9.38. The second-order valence-electron chi connectivity index (χ2n) is 4.91. The van der Waals surface area contributed by atoms with Gasteiger partial charge in [-0.3, -0.25) is 0 Å². The molecular formula is C13H13ClFNO. The Kier molecular flexibility index (Phi) is 2.74. The molecular weight excluding hydrogens is 241 g/mol. The van der Waals surface area contributed by atoms with E-state index in [1.54, 1.807) is 6.07 Å². The summed E-state index contributed by atoms with van der Waals surface area (Å²) in [7, 11) is 0. The van der Waals surface area contributed by atoms with Crippen LogP contribution in [0, 0.1) is 5.82 Å². The molecule has 0 radical (unpaired) electrons. The molecule has 0 aliphatic heterocycles. The van der Waals surface area contributed by atoms with Crippen LogP contribution in [0.1, 0.15) is 32.2 Å². The monoisotopic (exact) mass is 253 g/mol. The minimum Gasteiger partial charge on any atom is -0.437 e. The number of nitrogens with zero attached hydrogens (tertiary/aromatic N) is 1. The van der Waals surface area contributed by atoms with E-state index in [-0.39, 0.29) is 16.6 Å². The number of rotatable bonds is 1. The third-order valence-electron chi connectivity index (χ3n) is 2.46. The first-order chi connectivity index (χ1) is 7.84. The Bertz CT molecular complexity index is 595. The van der Waals surface area contributed by atoms with Gasteiger partial charge in [-0.1, -0.05) is 45.0 Å². The fourth-order valence-corrected chi connectivity index (χ4v) is 1.78. The summed E-state index contributed by atoms with van der Waals surface area (Å²) in [6, 6.07) is 1.59. The highest BCUT2D eigenvalue weighted by molar-refractivity contribution is 6.32. The minimum absolute atomic E-state index is 0.134. The predicted molar refractivity (Wildman–Crippen MR) is 67.8 cm³/mol. The maximum Gasteiger partial charge on any atom is 0.201 e. The fraction of sp³-hybridized carbons (Fsp3) is 0.308. The van der Waals surface area contributed by atoms with E-state index in [4.69, 9.17) is 16.0 Å². The van der Waals surface area contributed by atoms with Crippen LogP contribution in [0.5, 0.6) is 0 Å². The molecule has 0 amide bonds. The highest BCUT2D eigenvalue weighted by Gasteiger charge is 2.23. The predicted octanol–water partition coefficient (Wildman–Crippen LogP) is 4.56. The van der Waals surface area contributed by atoms with Crippen molar-refractivity contribution in [3.63, 3.8) is 0 Å². The van der Waals surface area contributed by atoms with Crippen molar-refractivity contribution in [3.05, 3.63) is 34.9 Å². The van der Waals surface area contributed by atoms with Crippen LogP contribution in [0.3, 0.4) is 0 Å². The third-order valence-corrected chi connectivity index (χ3v) is 2.77. The van der Waals surface area contributed by atoms with E-state index >= 15 is 0 Å². The number of benzene rings is 1. The Labute approximate surface area is 104 Å². The van der Waals surface area contributed by atoms with Crippen LogP contribution >= 0.6 is 11.6 Å². The Morgan fingerprint density at radius 2 is 2.12 bits per heavy atom. The molecule has 90 valence electrons. The van der Waals surface area contributed by atoms with Gasteiger partial charge in [0.05, 0.1) is 5.02 Å². The van der Waals surface area contributed by atoms with E-state index in [9.17, 15) is 4.39 Å². The highest BCUT2D eigenvalue weighted by Crippen LogP contribution is 2.32. The van der Waals surface area contributed by atoms with Gasteiger partial charge in [-0.2, -0.15) is 0 Å². The minimum atomic E-state index is -0.509. The van der Waals surface area contributed by atoms with Gasteiger partial charge in [0, 0.05) is 11.0 Å². The van der Waals surface area contributed by atoms with E-state index in [0.29, 0.717) is 16.4 Å². The second-order valence-corrected chi connectivity index (χ2v) is 5.31. The lowest BCUT2D eigenvalue weighted by atomic mass is 9.97. The molecule has 1 heterocycles. The van der Waals surface area contributed by atoms with Crippen molar-refractivity contribution in [1.82, 2.24) is 4.98 Å². The molecule has 0 spiro atoms. The molecule has 0 aliphatic rings. The summed E-state index contributed by atoms with van der Waals surface area (Å²) in [5.74, 6) is -0.0193. The van der Waals surface area contributed by atoms with Crippen LogP contribution in [0.4, 0.5) is 4.39 Å². The number of fused-ring (bicyclic) bond motifs is 1. The molecule has 0 atom stereocenters. The van der Waals surface area contributed by atoms with Crippen LogP contribution in [0.15, 0.2) is 17.1 Å². The van der Waals surface area contributed by atoms with Gasteiger partial charge in [0.15, 0.2) is 11.4 Å².